The molecule has 1 rings (SSSR count). The van der Waals surface area contributed by atoms with Gasteiger partial charge in [0.25, 0.3) is 0 Å². The van der Waals surface area contributed by atoms with Gasteiger partial charge in [-0.3, -0.25) is 0 Å². The van der Waals surface area contributed by atoms with Crippen LogP contribution in [0, 0.1) is 0 Å². The number of rotatable bonds is 2. The van der Waals surface area contributed by atoms with Crippen LogP contribution < -0.4 is 0 Å². The molecular formula is C5H10S4. The SMILES string of the molecule is CCSC1SCSCS1. The Morgan fingerprint density at radius 3 is 2.67 bits per heavy atom. The molecule has 0 aromatic heterocycles. The van der Waals surface area contributed by atoms with Crippen LogP contribution in [0.5, 0.6) is 0 Å². The molecule has 0 radical (unpaired) electrons. The minimum atomic E-state index is 0.830. The minimum Gasteiger partial charge on any atom is -0.140 e. The van der Waals surface area contributed by atoms with Gasteiger partial charge in [0.05, 0.1) is 3.91 Å². The van der Waals surface area contributed by atoms with E-state index in [0.717, 1.165) is 3.91 Å². The van der Waals surface area contributed by atoms with E-state index in [1.54, 1.807) is 0 Å². The molecule has 1 aliphatic heterocycles. The summed E-state index contributed by atoms with van der Waals surface area (Å²) in [6.45, 7) is 2.23. The number of hydrogen-bond donors (Lipinski definition) is 0. The van der Waals surface area contributed by atoms with Gasteiger partial charge in [-0.15, -0.1) is 47.0 Å². The maximum absolute atomic E-state index is 2.23. The summed E-state index contributed by atoms with van der Waals surface area (Å²) >= 11 is 8.26. The van der Waals surface area contributed by atoms with Gasteiger partial charge in [0.2, 0.25) is 0 Å². The van der Waals surface area contributed by atoms with E-state index in [1.807, 2.05) is 11.8 Å². The fourth-order valence-electron chi connectivity index (χ4n) is 0.522. The Morgan fingerprint density at radius 2 is 2.11 bits per heavy atom. The summed E-state index contributed by atoms with van der Waals surface area (Å²) in [5, 5.41) is 2.59. The highest BCUT2D eigenvalue weighted by Crippen LogP contribution is 2.41. The molecule has 0 unspecified atom stereocenters. The van der Waals surface area contributed by atoms with E-state index in [2.05, 4.69) is 42.2 Å². The van der Waals surface area contributed by atoms with E-state index >= 15 is 0 Å². The first-order valence-corrected chi connectivity index (χ1v) is 7.16. The first-order chi connectivity index (χ1) is 4.43. The lowest BCUT2D eigenvalue weighted by atomic mass is 11.0. The van der Waals surface area contributed by atoms with Crippen molar-refractivity contribution < 1.29 is 0 Å². The van der Waals surface area contributed by atoms with Crippen molar-refractivity contribution in [3.8, 4) is 0 Å². The molecule has 0 aromatic carbocycles. The molecule has 0 aliphatic carbocycles. The highest BCUT2D eigenvalue weighted by molar-refractivity contribution is 8.40. The molecule has 54 valence electrons. The first-order valence-electron chi connectivity index (χ1n) is 2.86. The Kier molecular flexibility index (Phi) is 4.82. The van der Waals surface area contributed by atoms with Gasteiger partial charge >= 0.3 is 0 Å². The Morgan fingerprint density at radius 1 is 1.44 bits per heavy atom. The maximum Gasteiger partial charge on any atom is 0.0972 e. The monoisotopic (exact) mass is 198 g/mol. The molecule has 0 N–H and O–H groups in total. The second-order valence-electron chi connectivity index (χ2n) is 1.52. The molecular weight excluding hydrogens is 188 g/mol. The van der Waals surface area contributed by atoms with Crippen molar-refractivity contribution in [1.29, 1.82) is 0 Å². The predicted molar refractivity (Wildman–Crippen MR) is 54.4 cm³/mol. The fourth-order valence-corrected chi connectivity index (χ4v) is 7.31. The lowest BCUT2D eigenvalue weighted by Crippen LogP contribution is -1.97. The molecule has 0 nitrogen and oxygen atoms in total. The normalized spacial score (nSPS) is 22.3. The van der Waals surface area contributed by atoms with Gasteiger partial charge in [0, 0.05) is 10.2 Å². The third-order valence-electron chi connectivity index (χ3n) is 0.878. The zero-order valence-electron chi connectivity index (χ0n) is 5.33. The zero-order chi connectivity index (χ0) is 6.53. The van der Waals surface area contributed by atoms with Gasteiger partial charge in [-0.05, 0) is 5.75 Å². The Labute approximate surface area is 73.7 Å². The molecule has 0 amide bonds. The van der Waals surface area contributed by atoms with Crippen LogP contribution in [0.3, 0.4) is 0 Å². The summed E-state index contributed by atoms with van der Waals surface area (Å²) in [7, 11) is 0. The molecule has 0 saturated carbocycles. The van der Waals surface area contributed by atoms with Crippen LogP contribution in [0.15, 0.2) is 0 Å². The average Bonchev–Trinajstić information content (AvgIpc) is 1.91. The molecule has 9 heavy (non-hydrogen) atoms. The summed E-state index contributed by atoms with van der Waals surface area (Å²) in [6, 6.07) is 0. The molecule has 1 fully saturated rings. The largest absolute Gasteiger partial charge is 0.140 e. The topological polar surface area (TPSA) is 0 Å². The highest BCUT2D eigenvalue weighted by atomic mass is 32.3. The summed E-state index contributed by atoms with van der Waals surface area (Å²) in [6.07, 6.45) is 0. The second kappa shape index (κ2) is 5.10. The van der Waals surface area contributed by atoms with Crippen LogP contribution in [0.1, 0.15) is 6.92 Å². The standard InChI is InChI=1S/C5H10S4/c1-2-7-5-8-3-6-4-9-5/h5H,2-4H2,1H3. The first kappa shape index (κ1) is 8.50. The lowest BCUT2D eigenvalue weighted by molar-refractivity contribution is 1.52. The van der Waals surface area contributed by atoms with Crippen molar-refractivity contribution in [2.75, 3.05) is 15.9 Å². The summed E-state index contributed by atoms with van der Waals surface area (Å²) in [4.78, 5) is 0. The molecule has 0 spiro atoms. The number of thioether (sulfide) groups is 4. The van der Waals surface area contributed by atoms with Crippen LogP contribution in [0.25, 0.3) is 0 Å². The van der Waals surface area contributed by atoms with Crippen LogP contribution in [-0.2, 0) is 0 Å². The smallest absolute Gasteiger partial charge is 0.0972 e. The third kappa shape index (κ3) is 3.35. The van der Waals surface area contributed by atoms with Crippen molar-refractivity contribution in [2.45, 2.75) is 10.8 Å². The minimum absolute atomic E-state index is 0.830. The van der Waals surface area contributed by atoms with Gasteiger partial charge in [0.15, 0.2) is 0 Å². The quantitative estimate of drug-likeness (QED) is 0.668. The Hall–Kier alpha value is 1.40. The molecule has 1 saturated heterocycles. The van der Waals surface area contributed by atoms with Gasteiger partial charge in [-0.25, -0.2) is 0 Å². The third-order valence-corrected chi connectivity index (χ3v) is 6.90. The predicted octanol–water partition coefficient (Wildman–Crippen LogP) is 3.15. The van der Waals surface area contributed by atoms with E-state index in [-0.39, 0.29) is 0 Å². The molecule has 1 aliphatic rings. The molecule has 1 heterocycles. The van der Waals surface area contributed by atoms with E-state index in [9.17, 15) is 0 Å². The molecule has 0 aromatic rings. The van der Waals surface area contributed by atoms with Crippen molar-refractivity contribution in [2.24, 2.45) is 0 Å². The Bertz CT molecular complexity index is 66.6. The second-order valence-corrected chi connectivity index (χ2v) is 7.70. The van der Waals surface area contributed by atoms with Crippen LogP contribution in [0.2, 0.25) is 0 Å². The number of hydrogen-bond acceptors (Lipinski definition) is 4. The van der Waals surface area contributed by atoms with Gasteiger partial charge in [-0.2, -0.15) is 0 Å². The Balaban J connectivity index is 2.08. The van der Waals surface area contributed by atoms with Gasteiger partial charge in [0.1, 0.15) is 0 Å². The lowest BCUT2D eigenvalue weighted by Gasteiger charge is -2.18. The van der Waals surface area contributed by atoms with Crippen LogP contribution in [0.4, 0.5) is 0 Å². The van der Waals surface area contributed by atoms with Gasteiger partial charge in [-0.1, -0.05) is 6.92 Å². The van der Waals surface area contributed by atoms with Crippen molar-refractivity contribution >= 4 is 47.0 Å². The van der Waals surface area contributed by atoms with E-state index in [4.69, 9.17) is 0 Å². The molecule has 0 atom stereocenters. The van der Waals surface area contributed by atoms with Crippen molar-refractivity contribution in [3.05, 3.63) is 0 Å². The van der Waals surface area contributed by atoms with E-state index < -0.39 is 0 Å². The summed E-state index contributed by atoms with van der Waals surface area (Å²) in [5.41, 5.74) is 0. The summed E-state index contributed by atoms with van der Waals surface area (Å²) < 4.78 is 0.830. The van der Waals surface area contributed by atoms with Crippen LogP contribution >= 0.6 is 47.0 Å². The highest BCUT2D eigenvalue weighted by Gasteiger charge is 2.13. The van der Waals surface area contributed by atoms with E-state index in [0.29, 0.717) is 0 Å². The molecule has 4 heteroatoms. The zero-order valence-corrected chi connectivity index (χ0v) is 8.60. The van der Waals surface area contributed by atoms with E-state index in [1.165, 1.54) is 15.9 Å². The van der Waals surface area contributed by atoms with Crippen molar-refractivity contribution in [1.82, 2.24) is 0 Å². The van der Waals surface area contributed by atoms with Crippen LogP contribution in [-0.4, -0.2) is 19.8 Å². The van der Waals surface area contributed by atoms with Gasteiger partial charge < -0.3 is 0 Å². The fraction of sp³-hybridized carbons (Fsp3) is 1.00. The summed E-state index contributed by atoms with van der Waals surface area (Å²) in [5.74, 6) is 1.26. The molecule has 0 bridgehead atoms. The maximum atomic E-state index is 2.23. The van der Waals surface area contributed by atoms with Crippen molar-refractivity contribution in [3.63, 3.8) is 0 Å². The average molecular weight is 198 g/mol.